The van der Waals surface area contributed by atoms with Crippen LogP contribution in [0, 0.1) is 11.3 Å². The van der Waals surface area contributed by atoms with Crippen LogP contribution in [-0.4, -0.2) is 71.0 Å². The number of nitrogens with zero attached hydrogens (tertiary/aromatic N) is 2. The fourth-order valence-corrected chi connectivity index (χ4v) is 4.73. The highest BCUT2D eigenvalue weighted by atomic mass is 16.5. The molecule has 4 rings (SSSR count). The number of hydrogen-bond donors (Lipinski definition) is 2. The van der Waals surface area contributed by atoms with Crippen molar-refractivity contribution in [2.45, 2.75) is 38.6 Å². The molecule has 0 bridgehead atoms. The number of benzene rings is 1. The van der Waals surface area contributed by atoms with Crippen LogP contribution in [0.3, 0.4) is 0 Å². The Labute approximate surface area is 186 Å². The first kappa shape index (κ1) is 22.2. The number of methoxy groups -OCH3 is 2. The predicted molar refractivity (Wildman–Crippen MR) is 123 cm³/mol. The highest BCUT2D eigenvalue weighted by Crippen LogP contribution is 2.61. The summed E-state index contributed by atoms with van der Waals surface area (Å²) in [5.41, 5.74) is 1.72. The number of hydrogen-bond acceptors (Lipinski definition) is 5. The summed E-state index contributed by atoms with van der Waals surface area (Å²) in [5, 5.41) is 7.07. The van der Waals surface area contributed by atoms with Gasteiger partial charge < -0.3 is 24.8 Å². The van der Waals surface area contributed by atoms with Crippen LogP contribution in [0.4, 0.5) is 0 Å². The minimum Gasteiger partial charge on any atom is -0.493 e. The summed E-state index contributed by atoms with van der Waals surface area (Å²) in [5.74, 6) is 3.36. The van der Waals surface area contributed by atoms with Crippen LogP contribution >= 0.6 is 0 Å². The predicted octanol–water partition coefficient (Wildman–Crippen LogP) is 2.82. The molecular weight excluding hydrogens is 392 g/mol. The van der Waals surface area contributed by atoms with E-state index in [1.54, 1.807) is 14.2 Å². The number of aliphatic imine (C=N–C) groups is 1. The van der Waals surface area contributed by atoms with Crippen LogP contribution in [0.15, 0.2) is 23.2 Å². The molecule has 31 heavy (non-hydrogen) atoms. The molecule has 7 nitrogen and oxygen atoms in total. The lowest BCUT2D eigenvalue weighted by Gasteiger charge is -2.35. The van der Waals surface area contributed by atoms with Gasteiger partial charge in [-0.05, 0) is 61.6 Å². The van der Waals surface area contributed by atoms with E-state index in [4.69, 9.17) is 19.2 Å². The average Bonchev–Trinajstić information content (AvgIpc) is 3.72. The molecule has 1 aromatic rings. The maximum atomic E-state index is 5.60. The van der Waals surface area contributed by atoms with E-state index in [0.717, 1.165) is 69.3 Å². The van der Waals surface area contributed by atoms with E-state index in [-0.39, 0.29) is 6.04 Å². The normalized spacial score (nSPS) is 22.0. The molecule has 2 saturated carbocycles. The van der Waals surface area contributed by atoms with Gasteiger partial charge in [0.05, 0.1) is 33.5 Å². The van der Waals surface area contributed by atoms with E-state index in [0.29, 0.717) is 5.41 Å². The van der Waals surface area contributed by atoms with Gasteiger partial charge in [0.15, 0.2) is 17.5 Å². The molecule has 1 unspecified atom stereocenters. The molecule has 1 aromatic carbocycles. The van der Waals surface area contributed by atoms with Gasteiger partial charge in [-0.3, -0.25) is 9.89 Å². The van der Waals surface area contributed by atoms with Gasteiger partial charge in [0.25, 0.3) is 0 Å². The van der Waals surface area contributed by atoms with Crippen molar-refractivity contribution in [2.75, 3.05) is 60.2 Å². The summed E-state index contributed by atoms with van der Waals surface area (Å²) in [7, 11) is 3.36. The summed E-state index contributed by atoms with van der Waals surface area (Å²) in [6, 6.07) is 6.43. The second-order valence-electron chi connectivity index (χ2n) is 8.99. The number of rotatable bonds is 10. The third-order valence-corrected chi connectivity index (χ3v) is 6.97. The van der Waals surface area contributed by atoms with Gasteiger partial charge in [-0.1, -0.05) is 6.07 Å². The first-order valence-electron chi connectivity index (χ1n) is 11.7. The summed E-state index contributed by atoms with van der Waals surface area (Å²) in [6.45, 7) is 8.07. The van der Waals surface area contributed by atoms with Crippen LogP contribution < -0.4 is 20.1 Å². The van der Waals surface area contributed by atoms with E-state index in [1.165, 1.54) is 31.2 Å². The van der Waals surface area contributed by atoms with Crippen molar-refractivity contribution >= 4 is 5.96 Å². The zero-order chi connectivity index (χ0) is 21.7. The summed E-state index contributed by atoms with van der Waals surface area (Å²) >= 11 is 0. The maximum absolute atomic E-state index is 5.60. The zero-order valence-corrected chi connectivity index (χ0v) is 19.3. The molecule has 1 aliphatic heterocycles. The van der Waals surface area contributed by atoms with Crippen LogP contribution in [0.5, 0.6) is 11.5 Å². The number of nitrogens with one attached hydrogen (secondary N) is 2. The quantitative estimate of drug-likeness (QED) is 0.440. The Morgan fingerprint density at radius 3 is 2.52 bits per heavy atom. The molecule has 3 aliphatic rings. The van der Waals surface area contributed by atoms with Gasteiger partial charge in [-0.25, -0.2) is 0 Å². The second-order valence-corrected chi connectivity index (χ2v) is 8.99. The standard InChI is InChI=1S/C24H38N4O3/c1-4-25-23(27-17-24(9-10-24)19-6-7-19)26-16-20(28-11-13-31-14-12-28)18-5-8-21(29-2)22(15-18)30-3/h5,8,15,19-20H,4,6-7,9-14,16-17H2,1-3H3,(H2,25,26,27). The molecule has 0 amide bonds. The van der Waals surface area contributed by atoms with Crippen molar-refractivity contribution in [3.63, 3.8) is 0 Å². The Morgan fingerprint density at radius 1 is 1.16 bits per heavy atom. The van der Waals surface area contributed by atoms with E-state index in [1.807, 2.05) is 6.07 Å². The minimum absolute atomic E-state index is 0.200. The molecule has 3 fully saturated rings. The van der Waals surface area contributed by atoms with Crippen LogP contribution in [0.25, 0.3) is 0 Å². The lowest BCUT2D eigenvalue weighted by Crippen LogP contribution is -2.46. The lowest BCUT2D eigenvalue weighted by atomic mass is 10.0. The van der Waals surface area contributed by atoms with Crippen molar-refractivity contribution in [1.82, 2.24) is 15.5 Å². The van der Waals surface area contributed by atoms with Gasteiger partial charge >= 0.3 is 0 Å². The van der Waals surface area contributed by atoms with Gasteiger partial charge in [0.1, 0.15) is 0 Å². The SMILES string of the molecule is CCNC(=NCC1(C2CC2)CC1)NCC(c1ccc(OC)c(OC)c1)N1CCOCC1. The Balaban J connectivity index is 1.48. The van der Waals surface area contributed by atoms with E-state index in [9.17, 15) is 0 Å². The largest absolute Gasteiger partial charge is 0.493 e. The lowest BCUT2D eigenvalue weighted by molar-refractivity contribution is 0.0169. The Hall–Kier alpha value is -1.99. The van der Waals surface area contributed by atoms with Crippen LogP contribution in [0.1, 0.15) is 44.2 Å². The Morgan fingerprint density at radius 2 is 1.90 bits per heavy atom. The molecule has 7 heteroatoms. The molecule has 0 radical (unpaired) electrons. The van der Waals surface area contributed by atoms with Crippen molar-refractivity contribution in [3.8, 4) is 11.5 Å². The Kier molecular flexibility index (Phi) is 7.23. The van der Waals surface area contributed by atoms with Crippen molar-refractivity contribution in [3.05, 3.63) is 23.8 Å². The number of guanidine groups is 1. The third kappa shape index (κ3) is 5.44. The molecule has 1 atom stereocenters. The van der Waals surface area contributed by atoms with Gasteiger partial charge in [0.2, 0.25) is 0 Å². The fourth-order valence-electron chi connectivity index (χ4n) is 4.73. The first-order valence-corrected chi connectivity index (χ1v) is 11.7. The van der Waals surface area contributed by atoms with Crippen molar-refractivity contribution in [2.24, 2.45) is 16.3 Å². The zero-order valence-electron chi connectivity index (χ0n) is 19.3. The van der Waals surface area contributed by atoms with Gasteiger partial charge in [0, 0.05) is 32.7 Å². The van der Waals surface area contributed by atoms with Crippen molar-refractivity contribution < 1.29 is 14.2 Å². The van der Waals surface area contributed by atoms with E-state index >= 15 is 0 Å². The number of ether oxygens (including phenoxy) is 3. The highest BCUT2D eigenvalue weighted by Gasteiger charge is 2.53. The van der Waals surface area contributed by atoms with Crippen LogP contribution in [0.2, 0.25) is 0 Å². The average molecular weight is 431 g/mol. The molecule has 0 aromatic heterocycles. The maximum Gasteiger partial charge on any atom is 0.191 e. The highest BCUT2D eigenvalue weighted by molar-refractivity contribution is 5.79. The van der Waals surface area contributed by atoms with Crippen molar-refractivity contribution in [1.29, 1.82) is 0 Å². The Bertz CT molecular complexity index is 755. The summed E-state index contributed by atoms with van der Waals surface area (Å²) in [4.78, 5) is 7.47. The monoisotopic (exact) mass is 430 g/mol. The third-order valence-electron chi connectivity index (χ3n) is 6.97. The fraction of sp³-hybridized carbons (Fsp3) is 0.708. The van der Waals surface area contributed by atoms with E-state index in [2.05, 4.69) is 34.6 Å². The second kappa shape index (κ2) is 10.1. The molecular formula is C24H38N4O3. The molecule has 1 heterocycles. The van der Waals surface area contributed by atoms with E-state index < -0.39 is 0 Å². The first-order chi connectivity index (χ1) is 15.2. The summed E-state index contributed by atoms with van der Waals surface area (Å²) in [6.07, 6.45) is 5.50. The van der Waals surface area contributed by atoms with Crippen LogP contribution in [-0.2, 0) is 4.74 Å². The van der Waals surface area contributed by atoms with Gasteiger partial charge in [-0.2, -0.15) is 0 Å². The smallest absolute Gasteiger partial charge is 0.191 e. The van der Waals surface area contributed by atoms with Gasteiger partial charge in [-0.15, -0.1) is 0 Å². The molecule has 1 saturated heterocycles. The molecule has 0 spiro atoms. The number of morpholine rings is 1. The summed E-state index contributed by atoms with van der Waals surface area (Å²) < 4.78 is 16.6. The topological polar surface area (TPSA) is 67.4 Å². The minimum atomic E-state index is 0.200. The molecule has 2 aliphatic carbocycles. The molecule has 172 valence electrons. The molecule has 2 N–H and O–H groups in total.